The molecule has 0 aromatic carbocycles. The summed E-state index contributed by atoms with van der Waals surface area (Å²) < 4.78 is 0. The Hall–Kier alpha value is -0.340. The highest BCUT2D eigenvalue weighted by molar-refractivity contribution is 4.91. The quantitative estimate of drug-likeness (QED) is 0.674. The van der Waals surface area contributed by atoms with Crippen LogP contribution in [0.1, 0.15) is 38.5 Å². The molecule has 80 valence electrons. The maximum Gasteiger partial charge on any atom is 0.0693 e. The highest BCUT2D eigenvalue weighted by Gasteiger charge is 2.25. The van der Waals surface area contributed by atoms with E-state index in [1.165, 1.54) is 25.7 Å². The monoisotopic (exact) mass is 195 g/mol. The molecule has 0 radical (unpaired) electrons. The Balaban J connectivity index is 1.68. The lowest BCUT2D eigenvalue weighted by molar-refractivity contribution is 0.146. The highest BCUT2D eigenvalue weighted by Crippen LogP contribution is 2.21. The number of nitrogens with one attached hydrogen (secondary N) is 1. The summed E-state index contributed by atoms with van der Waals surface area (Å²) in [5.41, 5.74) is 0. The molecule has 2 aliphatic carbocycles. The van der Waals surface area contributed by atoms with Crippen molar-refractivity contribution >= 4 is 0 Å². The minimum Gasteiger partial charge on any atom is -0.392 e. The van der Waals surface area contributed by atoms with Gasteiger partial charge < -0.3 is 10.4 Å². The van der Waals surface area contributed by atoms with Crippen molar-refractivity contribution in [2.24, 2.45) is 5.92 Å². The van der Waals surface area contributed by atoms with Crippen LogP contribution >= 0.6 is 0 Å². The average molecular weight is 195 g/mol. The molecule has 14 heavy (non-hydrogen) atoms. The summed E-state index contributed by atoms with van der Waals surface area (Å²) in [7, 11) is 0. The lowest BCUT2D eigenvalue weighted by Crippen LogP contribution is -2.38. The van der Waals surface area contributed by atoms with Gasteiger partial charge in [-0.25, -0.2) is 0 Å². The van der Waals surface area contributed by atoms with E-state index in [1.807, 2.05) is 0 Å². The van der Waals surface area contributed by atoms with Crippen LogP contribution in [0.15, 0.2) is 12.2 Å². The summed E-state index contributed by atoms with van der Waals surface area (Å²) in [6, 6.07) is 0.376. The fourth-order valence-electron chi connectivity index (χ4n) is 2.54. The predicted octanol–water partition coefficient (Wildman–Crippen LogP) is 1.85. The van der Waals surface area contributed by atoms with Crippen LogP contribution in [-0.4, -0.2) is 23.8 Å². The van der Waals surface area contributed by atoms with Crippen LogP contribution in [-0.2, 0) is 0 Å². The van der Waals surface area contributed by atoms with Gasteiger partial charge >= 0.3 is 0 Å². The Labute approximate surface area is 86.4 Å². The summed E-state index contributed by atoms with van der Waals surface area (Å²) >= 11 is 0. The minimum absolute atomic E-state index is 0.0888. The van der Waals surface area contributed by atoms with E-state index in [-0.39, 0.29) is 6.10 Å². The van der Waals surface area contributed by atoms with Gasteiger partial charge in [0.1, 0.15) is 0 Å². The molecule has 2 rings (SSSR count). The summed E-state index contributed by atoms with van der Waals surface area (Å²) in [5.74, 6) is 0.799. The van der Waals surface area contributed by atoms with Gasteiger partial charge in [0.2, 0.25) is 0 Å². The molecule has 1 fully saturated rings. The van der Waals surface area contributed by atoms with Gasteiger partial charge in [-0.3, -0.25) is 0 Å². The predicted molar refractivity (Wildman–Crippen MR) is 58.1 cm³/mol. The molecule has 2 N–H and O–H groups in total. The maximum absolute atomic E-state index is 9.64. The van der Waals surface area contributed by atoms with Crippen LogP contribution in [0.25, 0.3) is 0 Å². The molecule has 1 saturated carbocycles. The molecule has 2 heteroatoms. The minimum atomic E-state index is -0.0888. The van der Waals surface area contributed by atoms with Crippen molar-refractivity contribution in [1.82, 2.24) is 5.32 Å². The zero-order valence-corrected chi connectivity index (χ0v) is 8.78. The number of aliphatic hydroxyl groups excluding tert-OH is 1. The molecule has 0 bridgehead atoms. The van der Waals surface area contributed by atoms with E-state index in [2.05, 4.69) is 17.5 Å². The summed E-state index contributed by atoms with van der Waals surface area (Å²) in [5, 5.41) is 13.2. The molecule has 2 nitrogen and oxygen atoms in total. The van der Waals surface area contributed by atoms with Crippen LogP contribution < -0.4 is 5.32 Å². The molecule has 0 amide bonds. The Morgan fingerprint density at radius 1 is 1.21 bits per heavy atom. The van der Waals surface area contributed by atoms with Gasteiger partial charge in [-0.05, 0) is 51.0 Å². The van der Waals surface area contributed by atoms with Gasteiger partial charge in [-0.1, -0.05) is 12.2 Å². The second-order valence-corrected chi connectivity index (χ2v) is 4.66. The smallest absolute Gasteiger partial charge is 0.0693 e. The lowest BCUT2D eigenvalue weighted by Gasteiger charge is -2.22. The molecular formula is C12H21NO. The molecule has 0 saturated heterocycles. The number of hydrogen-bond acceptors (Lipinski definition) is 2. The molecule has 0 aromatic rings. The van der Waals surface area contributed by atoms with Crippen molar-refractivity contribution in [3.63, 3.8) is 0 Å². The van der Waals surface area contributed by atoms with Crippen molar-refractivity contribution < 1.29 is 5.11 Å². The first-order valence-corrected chi connectivity index (χ1v) is 5.92. The van der Waals surface area contributed by atoms with Gasteiger partial charge in [0, 0.05) is 6.04 Å². The van der Waals surface area contributed by atoms with Crippen LogP contribution in [0.4, 0.5) is 0 Å². The van der Waals surface area contributed by atoms with Crippen LogP contribution in [0.3, 0.4) is 0 Å². The zero-order chi connectivity index (χ0) is 9.80. The first-order chi connectivity index (χ1) is 6.86. The first-order valence-electron chi connectivity index (χ1n) is 5.92. The SMILES string of the molecule is O[C@H]1CCC[C@@H]1NCC1CC=CCC1. The second-order valence-electron chi connectivity index (χ2n) is 4.66. The summed E-state index contributed by atoms with van der Waals surface area (Å²) in [6.07, 6.45) is 11.6. The Bertz CT molecular complexity index is 202. The maximum atomic E-state index is 9.64. The van der Waals surface area contributed by atoms with Crippen molar-refractivity contribution in [1.29, 1.82) is 0 Å². The lowest BCUT2D eigenvalue weighted by atomic mass is 9.94. The van der Waals surface area contributed by atoms with E-state index in [1.54, 1.807) is 0 Å². The van der Waals surface area contributed by atoms with E-state index in [0.29, 0.717) is 6.04 Å². The third-order valence-electron chi connectivity index (χ3n) is 3.53. The zero-order valence-electron chi connectivity index (χ0n) is 8.78. The van der Waals surface area contributed by atoms with Gasteiger partial charge in [-0.15, -0.1) is 0 Å². The largest absolute Gasteiger partial charge is 0.392 e. The number of hydrogen-bond donors (Lipinski definition) is 2. The summed E-state index contributed by atoms with van der Waals surface area (Å²) in [6.45, 7) is 1.09. The highest BCUT2D eigenvalue weighted by atomic mass is 16.3. The molecule has 0 aliphatic heterocycles. The van der Waals surface area contributed by atoms with Crippen molar-refractivity contribution in [3.8, 4) is 0 Å². The normalized spacial score (nSPS) is 37.6. The van der Waals surface area contributed by atoms with E-state index in [9.17, 15) is 5.11 Å². The van der Waals surface area contributed by atoms with Gasteiger partial charge in [0.15, 0.2) is 0 Å². The third kappa shape index (κ3) is 2.58. The molecular weight excluding hydrogens is 174 g/mol. The number of rotatable bonds is 3. The third-order valence-corrected chi connectivity index (χ3v) is 3.53. The molecule has 0 spiro atoms. The number of allylic oxidation sites excluding steroid dienone is 2. The van der Waals surface area contributed by atoms with Crippen molar-refractivity contribution in [3.05, 3.63) is 12.2 Å². The number of aliphatic hydroxyl groups is 1. The topological polar surface area (TPSA) is 32.3 Å². The second kappa shape index (κ2) is 4.94. The average Bonchev–Trinajstić information content (AvgIpc) is 2.63. The summed E-state index contributed by atoms with van der Waals surface area (Å²) in [4.78, 5) is 0. The fraction of sp³-hybridized carbons (Fsp3) is 0.833. The molecule has 3 atom stereocenters. The standard InChI is InChI=1S/C12H21NO/c14-12-8-4-7-11(12)13-9-10-5-2-1-3-6-10/h1-2,10-14H,3-9H2/t10?,11-,12-/m0/s1. The van der Waals surface area contributed by atoms with E-state index < -0.39 is 0 Å². The Morgan fingerprint density at radius 3 is 2.79 bits per heavy atom. The van der Waals surface area contributed by atoms with Crippen LogP contribution in [0.2, 0.25) is 0 Å². The fourth-order valence-corrected chi connectivity index (χ4v) is 2.54. The van der Waals surface area contributed by atoms with E-state index >= 15 is 0 Å². The van der Waals surface area contributed by atoms with E-state index in [0.717, 1.165) is 25.3 Å². The Kier molecular flexibility index (Phi) is 3.60. The molecule has 2 aliphatic rings. The molecule has 1 unspecified atom stereocenters. The van der Waals surface area contributed by atoms with E-state index in [4.69, 9.17) is 0 Å². The van der Waals surface area contributed by atoms with Gasteiger partial charge in [0.25, 0.3) is 0 Å². The first kappa shape index (κ1) is 10.2. The molecule has 0 aromatic heterocycles. The van der Waals surface area contributed by atoms with Gasteiger partial charge in [0.05, 0.1) is 6.10 Å². The van der Waals surface area contributed by atoms with Crippen molar-refractivity contribution in [2.45, 2.75) is 50.7 Å². The van der Waals surface area contributed by atoms with Crippen LogP contribution in [0.5, 0.6) is 0 Å². The molecule has 0 heterocycles. The van der Waals surface area contributed by atoms with Crippen LogP contribution in [0, 0.1) is 5.92 Å². The Morgan fingerprint density at radius 2 is 2.14 bits per heavy atom. The van der Waals surface area contributed by atoms with Crippen molar-refractivity contribution in [2.75, 3.05) is 6.54 Å². The van der Waals surface area contributed by atoms with Gasteiger partial charge in [-0.2, -0.15) is 0 Å².